The van der Waals surface area contributed by atoms with Crippen LogP contribution in [-0.4, -0.2) is 57.6 Å². The number of likely N-dealkylation sites (N-methyl/N-ethyl adjacent to an activating group) is 1. The van der Waals surface area contributed by atoms with Gasteiger partial charge in [-0.25, -0.2) is 4.79 Å². The van der Waals surface area contributed by atoms with E-state index in [0.29, 0.717) is 36.5 Å². The first-order valence-electron chi connectivity index (χ1n) is 11.7. The smallest absolute Gasteiger partial charge is 0.338 e. The normalized spacial score (nSPS) is 15.9. The van der Waals surface area contributed by atoms with Crippen molar-refractivity contribution in [1.29, 1.82) is 0 Å². The van der Waals surface area contributed by atoms with Gasteiger partial charge in [0, 0.05) is 6.04 Å². The Kier molecular flexibility index (Phi) is 9.30. The molecular weight excluding hydrogens is 458 g/mol. The number of methoxy groups -OCH3 is 2. The summed E-state index contributed by atoms with van der Waals surface area (Å²) in [7, 11) is 3.11. The van der Waals surface area contributed by atoms with Crippen molar-refractivity contribution in [2.24, 2.45) is 0 Å². The van der Waals surface area contributed by atoms with Crippen molar-refractivity contribution in [1.82, 2.24) is 4.90 Å². The first-order chi connectivity index (χ1) is 16.1. The lowest BCUT2D eigenvalue weighted by molar-refractivity contribution is 0.0492. The Labute approximate surface area is 207 Å². The number of hydrogen-bond acceptors (Lipinski definition) is 7. The van der Waals surface area contributed by atoms with E-state index in [0.717, 1.165) is 56.7 Å². The zero-order chi connectivity index (χ0) is 23.2. The number of nitrogens with zero attached hydrogens (tertiary/aromatic N) is 1. The summed E-state index contributed by atoms with van der Waals surface area (Å²) in [4.78, 5) is 14.9. The molecule has 0 radical (unpaired) electrons. The lowest BCUT2D eigenvalue weighted by Gasteiger charge is -2.34. The van der Waals surface area contributed by atoms with Crippen LogP contribution in [0.4, 0.5) is 0 Å². The highest BCUT2D eigenvalue weighted by atomic mass is 35.5. The van der Waals surface area contributed by atoms with Crippen LogP contribution in [0.25, 0.3) is 0 Å². The van der Waals surface area contributed by atoms with Crippen LogP contribution in [0, 0.1) is 0 Å². The highest BCUT2D eigenvalue weighted by Crippen LogP contribution is 2.38. The zero-order valence-electron chi connectivity index (χ0n) is 20.1. The molecule has 8 heteroatoms. The van der Waals surface area contributed by atoms with Gasteiger partial charge in [0.15, 0.2) is 23.0 Å². The van der Waals surface area contributed by atoms with E-state index >= 15 is 0 Å². The molecule has 4 rings (SSSR count). The standard InChI is InChI=1S/C26H33NO6.ClH/c1-4-27(21-9-7-18-14-24-25(33-17-32-24)16-20(18)13-21)11-5-6-12-31-26(28)19-8-10-22(29-2)23(15-19)30-3;/h8,10,14-16,21H,4-7,9,11-13,17H2,1-3H3;1H. The summed E-state index contributed by atoms with van der Waals surface area (Å²) in [6.45, 7) is 4.94. The molecular formula is C26H34ClNO6. The maximum Gasteiger partial charge on any atom is 0.338 e. The molecule has 1 aliphatic carbocycles. The van der Waals surface area contributed by atoms with Gasteiger partial charge in [0.1, 0.15) is 0 Å². The largest absolute Gasteiger partial charge is 0.493 e. The lowest BCUT2D eigenvalue weighted by Crippen LogP contribution is -2.39. The number of halogens is 1. The number of benzene rings is 2. The van der Waals surface area contributed by atoms with Crippen molar-refractivity contribution < 1.29 is 28.5 Å². The first-order valence-corrected chi connectivity index (χ1v) is 11.7. The van der Waals surface area contributed by atoms with Gasteiger partial charge in [-0.1, -0.05) is 6.92 Å². The molecule has 0 fully saturated rings. The molecule has 0 aromatic heterocycles. The van der Waals surface area contributed by atoms with Gasteiger partial charge in [0.25, 0.3) is 0 Å². The summed E-state index contributed by atoms with van der Waals surface area (Å²) in [6, 6.07) is 9.88. The number of ether oxygens (including phenoxy) is 5. The fourth-order valence-electron chi connectivity index (χ4n) is 4.67. The van der Waals surface area contributed by atoms with Crippen molar-refractivity contribution in [3.05, 3.63) is 47.0 Å². The fourth-order valence-corrected chi connectivity index (χ4v) is 4.67. The van der Waals surface area contributed by atoms with Crippen LogP contribution in [-0.2, 0) is 17.6 Å². The van der Waals surface area contributed by atoms with E-state index in [2.05, 4.69) is 24.0 Å². The molecule has 0 saturated carbocycles. The van der Waals surface area contributed by atoms with Crippen molar-refractivity contribution in [3.8, 4) is 23.0 Å². The van der Waals surface area contributed by atoms with E-state index in [1.54, 1.807) is 32.4 Å². The number of carbonyl (C=O) groups excluding carboxylic acids is 1. The molecule has 0 saturated heterocycles. The molecule has 0 amide bonds. The monoisotopic (exact) mass is 491 g/mol. The van der Waals surface area contributed by atoms with E-state index in [4.69, 9.17) is 23.7 Å². The Balaban J connectivity index is 0.00000324. The van der Waals surface area contributed by atoms with Gasteiger partial charge >= 0.3 is 5.97 Å². The number of hydrogen-bond donors (Lipinski definition) is 0. The van der Waals surface area contributed by atoms with E-state index in [9.17, 15) is 4.79 Å². The predicted octanol–water partition coefficient (Wildman–Crippen LogP) is 4.67. The average molecular weight is 492 g/mol. The average Bonchev–Trinajstić information content (AvgIpc) is 3.31. The molecule has 7 nitrogen and oxygen atoms in total. The van der Waals surface area contributed by atoms with Crippen molar-refractivity contribution in [3.63, 3.8) is 0 Å². The summed E-state index contributed by atoms with van der Waals surface area (Å²) >= 11 is 0. The van der Waals surface area contributed by atoms with Crippen molar-refractivity contribution in [2.75, 3.05) is 40.7 Å². The predicted molar refractivity (Wildman–Crippen MR) is 132 cm³/mol. The quantitative estimate of drug-likeness (QED) is 0.353. The topological polar surface area (TPSA) is 66.5 Å². The van der Waals surface area contributed by atoms with Gasteiger partial charge in [-0.15, -0.1) is 12.4 Å². The van der Waals surface area contributed by atoms with Crippen molar-refractivity contribution >= 4 is 18.4 Å². The van der Waals surface area contributed by atoms with Gasteiger partial charge in [-0.3, -0.25) is 0 Å². The maximum atomic E-state index is 12.4. The van der Waals surface area contributed by atoms with Gasteiger partial charge in [0.05, 0.1) is 26.4 Å². The minimum absolute atomic E-state index is 0. The summed E-state index contributed by atoms with van der Waals surface area (Å²) in [6.07, 6.45) is 5.06. The first kappa shape index (κ1) is 26.0. The van der Waals surface area contributed by atoms with Crippen molar-refractivity contribution in [2.45, 2.75) is 45.1 Å². The van der Waals surface area contributed by atoms with Crippen LogP contribution in [0.15, 0.2) is 30.3 Å². The molecule has 0 N–H and O–H groups in total. The van der Waals surface area contributed by atoms with Crippen LogP contribution in [0.3, 0.4) is 0 Å². The van der Waals surface area contributed by atoms with Crippen LogP contribution < -0.4 is 18.9 Å². The summed E-state index contributed by atoms with van der Waals surface area (Å²) in [5, 5.41) is 0. The molecule has 1 heterocycles. The third kappa shape index (κ3) is 5.88. The molecule has 2 aromatic carbocycles. The van der Waals surface area contributed by atoms with Crippen LogP contribution in [0.1, 0.15) is 47.7 Å². The highest BCUT2D eigenvalue weighted by molar-refractivity contribution is 5.90. The van der Waals surface area contributed by atoms with E-state index in [1.165, 1.54) is 11.1 Å². The number of carbonyl (C=O) groups is 1. The molecule has 2 aliphatic rings. The molecule has 1 aliphatic heterocycles. The second-order valence-corrected chi connectivity index (χ2v) is 8.41. The number of aryl methyl sites for hydroxylation is 1. The molecule has 34 heavy (non-hydrogen) atoms. The molecule has 1 unspecified atom stereocenters. The number of rotatable bonds is 10. The zero-order valence-corrected chi connectivity index (χ0v) is 20.9. The maximum absolute atomic E-state index is 12.4. The summed E-state index contributed by atoms with van der Waals surface area (Å²) in [5.41, 5.74) is 3.22. The molecule has 2 aromatic rings. The number of fused-ring (bicyclic) bond motifs is 2. The van der Waals surface area contributed by atoms with Gasteiger partial charge in [-0.05, 0) is 86.7 Å². The molecule has 186 valence electrons. The lowest BCUT2D eigenvalue weighted by atomic mass is 9.87. The van der Waals surface area contributed by atoms with E-state index in [-0.39, 0.29) is 18.4 Å². The number of esters is 1. The Morgan fingerprint density at radius 2 is 1.76 bits per heavy atom. The fraction of sp³-hybridized carbons (Fsp3) is 0.500. The minimum atomic E-state index is -0.342. The summed E-state index contributed by atoms with van der Waals surface area (Å²) < 4.78 is 27.0. The van der Waals surface area contributed by atoms with Crippen LogP contribution in [0.5, 0.6) is 23.0 Å². The third-order valence-electron chi connectivity index (χ3n) is 6.51. The second-order valence-electron chi connectivity index (χ2n) is 8.41. The Hall–Kier alpha value is -2.64. The Morgan fingerprint density at radius 1 is 1.03 bits per heavy atom. The van der Waals surface area contributed by atoms with Gasteiger partial charge in [-0.2, -0.15) is 0 Å². The molecule has 0 bridgehead atoms. The molecule has 0 spiro atoms. The van der Waals surface area contributed by atoms with Crippen LogP contribution in [0.2, 0.25) is 0 Å². The van der Waals surface area contributed by atoms with Gasteiger partial charge in [0.2, 0.25) is 6.79 Å². The van der Waals surface area contributed by atoms with E-state index < -0.39 is 0 Å². The van der Waals surface area contributed by atoms with E-state index in [1.807, 2.05) is 0 Å². The number of unbranched alkanes of at least 4 members (excludes halogenated alkanes) is 1. The summed E-state index contributed by atoms with van der Waals surface area (Å²) in [5.74, 6) is 2.51. The Morgan fingerprint density at radius 3 is 2.47 bits per heavy atom. The molecule has 1 atom stereocenters. The third-order valence-corrected chi connectivity index (χ3v) is 6.51. The minimum Gasteiger partial charge on any atom is -0.493 e. The van der Waals surface area contributed by atoms with Crippen LogP contribution >= 0.6 is 12.4 Å². The SMILES string of the molecule is CCN(CCCCOC(=O)c1ccc(OC)c(OC)c1)C1CCc2cc3c(cc2C1)OCO3.Cl. The Bertz CT molecular complexity index is 982. The highest BCUT2D eigenvalue weighted by Gasteiger charge is 2.26. The second kappa shape index (κ2) is 12.2. The van der Waals surface area contributed by atoms with Gasteiger partial charge < -0.3 is 28.6 Å².